The molecule has 0 spiro atoms. The van der Waals surface area contributed by atoms with Gasteiger partial charge in [0.05, 0.1) is 7.11 Å². The van der Waals surface area contributed by atoms with Crippen molar-refractivity contribution in [1.29, 1.82) is 0 Å². The van der Waals surface area contributed by atoms with Gasteiger partial charge < -0.3 is 9.57 Å². The summed E-state index contributed by atoms with van der Waals surface area (Å²) in [7, 11) is 1.31. The van der Waals surface area contributed by atoms with Crippen molar-refractivity contribution < 1.29 is 19.5 Å². The average Bonchev–Trinajstić information content (AvgIpc) is 2.15. The fourth-order valence-corrected chi connectivity index (χ4v) is 1.03. The van der Waals surface area contributed by atoms with Crippen molar-refractivity contribution in [2.24, 2.45) is 0 Å². The summed E-state index contributed by atoms with van der Waals surface area (Å²) >= 11 is 0. The molecule has 0 aromatic carbocycles. The van der Waals surface area contributed by atoms with Crippen molar-refractivity contribution in [2.45, 2.75) is 38.7 Å². The van der Waals surface area contributed by atoms with E-state index >= 15 is 0 Å². The summed E-state index contributed by atoms with van der Waals surface area (Å²) in [5.41, 5.74) is 0. The highest BCUT2D eigenvalue weighted by Crippen LogP contribution is 2.09. The molecule has 6 heteroatoms. The number of hydrogen-bond donors (Lipinski definition) is 0. The van der Waals surface area contributed by atoms with E-state index in [0.717, 1.165) is 0 Å². The molecule has 0 fully saturated rings. The summed E-state index contributed by atoms with van der Waals surface area (Å²) in [5.74, 6) is -0.305. The molecule has 0 amide bonds. The first-order valence-electron chi connectivity index (χ1n) is 4.48. The molecule has 0 aromatic rings. The Hall–Kier alpha value is -1.33. The summed E-state index contributed by atoms with van der Waals surface area (Å²) in [4.78, 5) is 25.1. The molecular weight excluding hydrogens is 190 g/mol. The molecule has 0 rings (SSSR count). The third-order valence-electron chi connectivity index (χ3n) is 1.83. The smallest absolute Gasteiger partial charge is 0.305 e. The first-order chi connectivity index (χ1) is 6.60. The first-order valence-corrected chi connectivity index (χ1v) is 4.48. The number of ether oxygens (including phenoxy) is 1. The van der Waals surface area contributed by atoms with Gasteiger partial charge in [-0.05, 0) is 19.3 Å². The molecule has 0 saturated carbocycles. The lowest BCUT2D eigenvalue weighted by Gasteiger charge is -2.11. The van der Waals surface area contributed by atoms with Gasteiger partial charge in [-0.3, -0.25) is 4.79 Å². The maximum absolute atomic E-state index is 10.7. The van der Waals surface area contributed by atoms with E-state index in [9.17, 15) is 14.9 Å². The minimum atomic E-state index is -0.799. The van der Waals surface area contributed by atoms with Crippen LogP contribution in [-0.2, 0) is 14.4 Å². The van der Waals surface area contributed by atoms with Gasteiger partial charge in [-0.15, -0.1) is 10.1 Å². The molecule has 0 bridgehead atoms. The van der Waals surface area contributed by atoms with E-state index in [2.05, 4.69) is 9.57 Å². The Morgan fingerprint density at radius 1 is 1.57 bits per heavy atom. The van der Waals surface area contributed by atoms with Gasteiger partial charge in [-0.2, -0.15) is 0 Å². The van der Waals surface area contributed by atoms with Gasteiger partial charge in [0, 0.05) is 6.42 Å². The maximum atomic E-state index is 10.7. The molecule has 0 aliphatic heterocycles. The maximum Gasteiger partial charge on any atom is 0.305 e. The van der Waals surface area contributed by atoms with E-state index in [4.69, 9.17) is 0 Å². The van der Waals surface area contributed by atoms with Crippen LogP contribution >= 0.6 is 0 Å². The zero-order valence-corrected chi connectivity index (χ0v) is 8.39. The normalized spacial score (nSPS) is 11.9. The Kier molecular flexibility index (Phi) is 6.43. The topological polar surface area (TPSA) is 78.7 Å². The molecule has 0 saturated heterocycles. The highest BCUT2D eigenvalue weighted by molar-refractivity contribution is 5.68. The third kappa shape index (κ3) is 6.22. The number of rotatable bonds is 7. The fourth-order valence-electron chi connectivity index (χ4n) is 1.03. The second kappa shape index (κ2) is 7.11. The molecule has 82 valence electrons. The average molecular weight is 205 g/mol. The molecule has 0 aromatic heterocycles. The van der Waals surface area contributed by atoms with E-state index in [0.29, 0.717) is 19.3 Å². The Morgan fingerprint density at radius 3 is 2.64 bits per heavy atom. The highest BCUT2D eigenvalue weighted by atomic mass is 17.0. The van der Waals surface area contributed by atoms with Crippen LogP contribution in [0.1, 0.15) is 32.6 Å². The van der Waals surface area contributed by atoms with Crippen molar-refractivity contribution in [3.63, 3.8) is 0 Å². The van der Waals surface area contributed by atoms with Crippen LogP contribution in [0.3, 0.4) is 0 Å². The minimum Gasteiger partial charge on any atom is -0.469 e. The summed E-state index contributed by atoms with van der Waals surface area (Å²) in [6.45, 7) is 1.80. The lowest BCUT2D eigenvalue weighted by Crippen LogP contribution is -2.16. The van der Waals surface area contributed by atoms with E-state index in [1.54, 1.807) is 6.92 Å². The SMILES string of the molecule is CCC(CCCC(=O)OC)O[N+](=O)[O-]. The lowest BCUT2D eigenvalue weighted by molar-refractivity contribution is -0.768. The third-order valence-corrected chi connectivity index (χ3v) is 1.83. The zero-order chi connectivity index (χ0) is 11.0. The fraction of sp³-hybridized carbons (Fsp3) is 0.875. The van der Waals surface area contributed by atoms with Crippen LogP contribution in [0.2, 0.25) is 0 Å². The molecular formula is C8H15NO5. The Bertz CT molecular complexity index is 194. The molecule has 0 aliphatic rings. The van der Waals surface area contributed by atoms with Crippen LogP contribution in [0.5, 0.6) is 0 Å². The minimum absolute atomic E-state index is 0.272. The second-order valence-electron chi connectivity index (χ2n) is 2.83. The van der Waals surface area contributed by atoms with Crippen molar-refractivity contribution >= 4 is 5.97 Å². The van der Waals surface area contributed by atoms with E-state index in [1.165, 1.54) is 7.11 Å². The number of hydrogen-bond acceptors (Lipinski definition) is 5. The predicted octanol–water partition coefficient (Wildman–Crippen LogP) is 1.32. The first kappa shape index (κ1) is 12.7. The van der Waals surface area contributed by atoms with Gasteiger partial charge in [0.2, 0.25) is 0 Å². The van der Waals surface area contributed by atoms with Crippen LogP contribution in [0, 0.1) is 10.1 Å². The van der Waals surface area contributed by atoms with Crippen molar-refractivity contribution in [3.8, 4) is 0 Å². The van der Waals surface area contributed by atoms with Crippen LogP contribution in [0.15, 0.2) is 0 Å². The molecule has 1 unspecified atom stereocenters. The van der Waals surface area contributed by atoms with Gasteiger partial charge in [0.15, 0.2) is 0 Å². The standard InChI is InChI=1S/C8H15NO5/c1-3-7(14-9(11)12)5-4-6-8(10)13-2/h7H,3-6H2,1-2H3. The number of carbonyl (C=O) groups is 1. The largest absolute Gasteiger partial charge is 0.469 e. The van der Waals surface area contributed by atoms with Crippen LogP contribution in [0.25, 0.3) is 0 Å². The Morgan fingerprint density at radius 2 is 2.21 bits per heavy atom. The van der Waals surface area contributed by atoms with Gasteiger partial charge in [-0.1, -0.05) is 6.92 Å². The van der Waals surface area contributed by atoms with Crippen LogP contribution in [0.4, 0.5) is 0 Å². The number of esters is 1. The van der Waals surface area contributed by atoms with Crippen molar-refractivity contribution in [1.82, 2.24) is 0 Å². The quantitative estimate of drug-likeness (QED) is 0.355. The van der Waals surface area contributed by atoms with Gasteiger partial charge in [0.1, 0.15) is 6.10 Å². The molecule has 14 heavy (non-hydrogen) atoms. The number of carbonyl (C=O) groups excluding carboxylic acids is 1. The Balaban J connectivity index is 3.62. The van der Waals surface area contributed by atoms with E-state index in [1.807, 2.05) is 0 Å². The number of nitrogens with zero attached hydrogens (tertiary/aromatic N) is 1. The molecule has 1 atom stereocenters. The molecule has 0 aliphatic carbocycles. The lowest BCUT2D eigenvalue weighted by atomic mass is 10.1. The molecule has 6 nitrogen and oxygen atoms in total. The predicted molar refractivity (Wildman–Crippen MR) is 48.0 cm³/mol. The second-order valence-corrected chi connectivity index (χ2v) is 2.83. The monoisotopic (exact) mass is 205 g/mol. The summed E-state index contributed by atoms with van der Waals surface area (Å²) in [6.07, 6.45) is 1.44. The molecule has 0 heterocycles. The zero-order valence-electron chi connectivity index (χ0n) is 8.39. The van der Waals surface area contributed by atoms with Crippen LogP contribution in [-0.4, -0.2) is 24.3 Å². The van der Waals surface area contributed by atoms with Crippen LogP contribution < -0.4 is 0 Å². The van der Waals surface area contributed by atoms with Gasteiger partial charge in [-0.25, -0.2) is 0 Å². The van der Waals surface area contributed by atoms with Crippen molar-refractivity contribution in [3.05, 3.63) is 10.1 Å². The van der Waals surface area contributed by atoms with Crippen molar-refractivity contribution in [2.75, 3.05) is 7.11 Å². The van der Waals surface area contributed by atoms with E-state index < -0.39 is 11.2 Å². The summed E-state index contributed by atoms with van der Waals surface area (Å²) in [6, 6.07) is 0. The van der Waals surface area contributed by atoms with Gasteiger partial charge in [0.25, 0.3) is 5.09 Å². The van der Waals surface area contributed by atoms with Gasteiger partial charge >= 0.3 is 5.97 Å². The Labute approximate surface area is 82.3 Å². The molecule has 0 N–H and O–H groups in total. The molecule has 0 radical (unpaired) electrons. The van der Waals surface area contributed by atoms with E-state index in [-0.39, 0.29) is 12.4 Å². The highest BCUT2D eigenvalue weighted by Gasteiger charge is 2.11. The summed E-state index contributed by atoms with van der Waals surface area (Å²) in [5, 5.41) is 9.21. The number of methoxy groups -OCH3 is 1. The summed E-state index contributed by atoms with van der Waals surface area (Å²) < 4.78 is 4.43.